The molecule has 7 nitrogen and oxygen atoms in total. The van der Waals surface area contributed by atoms with E-state index in [4.69, 9.17) is 34.8 Å². The summed E-state index contributed by atoms with van der Waals surface area (Å²) < 4.78 is 3.19. The number of nitrogens with zero attached hydrogens (tertiary/aromatic N) is 5. The molecule has 1 N–H and O–H groups in total. The van der Waals surface area contributed by atoms with Gasteiger partial charge >= 0.3 is 0 Å². The van der Waals surface area contributed by atoms with Crippen molar-refractivity contribution >= 4 is 46.7 Å². The topological polar surface area (TPSA) is 77.6 Å². The summed E-state index contributed by atoms with van der Waals surface area (Å²) >= 11 is 18.6. The number of hydrogen-bond acceptors (Lipinski definition) is 4. The van der Waals surface area contributed by atoms with Crippen molar-refractivity contribution in [3.05, 3.63) is 56.5 Å². The molecule has 28 heavy (non-hydrogen) atoms. The number of aryl methyl sites for hydroxylation is 1. The summed E-state index contributed by atoms with van der Waals surface area (Å²) in [7, 11) is 0. The summed E-state index contributed by atoms with van der Waals surface area (Å²) in [6.45, 7) is 5.88. The first-order valence-corrected chi connectivity index (χ1v) is 9.79. The molecule has 0 saturated heterocycles. The van der Waals surface area contributed by atoms with Crippen LogP contribution in [0.1, 0.15) is 36.3 Å². The molecule has 0 radical (unpaired) electrons. The van der Waals surface area contributed by atoms with Gasteiger partial charge in [-0.3, -0.25) is 14.8 Å². The third kappa shape index (κ3) is 4.16. The second-order valence-corrected chi connectivity index (χ2v) is 7.50. The van der Waals surface area contributed by atoms with Crippen LogP contribution in [-0.4, -0.2) is 30.5 Å². The number of anilines is 1. The van der Waals surface area contributed by atoms with Gasteiger partial charge in [0.15, 0.2) is 0 Å². The minimum Gasteiger partial charge on any atom is -0.291 e. The van der Waals surface area contributed by atoms with Crippen LogP contribution < -0.4 is 5.32 Å². The Balaban J connectivity index is 1.75. The van der Waals surface area contributed by atoms with Crippen molar-refractivity contribution in [3.8, 4) is 0 Å². The van der Waals surface area contributed by atoms with Crippen molar-refractivity contribution in [2.24, 2.45) is 0 Å². The van der Waals surface area contributed by atoms with Crippen molar-refractivity contribution < 1.29 is 4.79 Å². The molecule has 0 aliphatic heterocycles. The number of rotatable bonds is 6. The van der Waals surface area contributed by atoms with E-state index in [1.54, 1.807) is 34.5 Å². The predicted octanol–water partition coefficient (Wildman–Crippen LogP) is 4.69. The SMILES string of the molecule is CCC(C(=O)Nc1ncn(Cc2c(Cl)cccc2Cl)n1)n1nc(C)c(Cl)c1C. The number of halogens is 3. The van der Waals surface area contributed by atoms with Crippen LogP contribution in [0, 0.1) is 13.8 Å². The molecule has 1 amide bonds. The predicted molar refractivity (Wildman–Crippen MR) is 110 cm³/mol. The second kappa shape index (κ2) is 8.51. The van der Waals surface area contributed by atoms with Gasteiger partial charge in [0.05, 0.1) is 23.0 Å². The highest BCUT2D eigenvalue weighted by Gasteiger charge is 2.24. The van der Waals surface area contributed by atoms with E-state index in [9.17, 15) is 4.79 Å². The summed E-state index contributed by atoms with van der Waals surface area (Å²) in [5, 5.41) is 13.0. The summed E-state index contributed by atoms with van der Waals surface area (Å²) in [4.78, 5) is 16.9. The number of carbonyl (C=O) groups is 1. The van der Waals surface area contributed by atoms with Crippen molar-refractivity contribution in [2.75, 3.05) is 5.32 Å². The molecule has 3 rings (SSSR count). The minimum atomic E-state index is -0.517. The van der Waals surface area contributed by atoms with E-state index in [1.807, 2.05) is 13.8 Å². The Morgan fingerprint density at radius 1 is 1.18 bits per heavy atom. The highest BCUT2D eigenvalue weighted by atomic mass is 35.5. The molecule has 0 saturated carbocycles. The van der Waals surface area contributed by atoms with Gasteiger partial charge in [0.2, 0.25) is 5.95 Å². The third-order valence-corrected chi connectivity index (χ3v) is 5.63. The summed E-state index contributed by atoms with van der Waals surface area (Å²) in [5.41, 5.74) is 2.16. The number of hydrogen-bond donors (Lipinski definition) is 1. The largest absolute Gasteiger partial charge is 0.291 e. The van der Waals surface area contributed by atoms with Gasteiger partial charge in [-0.2, -0.15) is 5.10 Å². The first-order chi connectivity index (χ1) is 13.3. The van der Waals surface area contributed by atoms with Gasteiger partial charge in [0.25, 0.3) is 5.91 Å². The van der Waals surface area contributed by atoms with Crippen LogP contribution in [0.25, 0.3) is 0 Å². The van der Waals surface area contributed by atoms with Crippen LogP contribution in [0.15, 0.2) is 24.5 Å². The van der Waals surface area contributed by atoms with Gasteiger partial charge in [-0.1, -0.05) is 47.8 Å². The van der Waals surface area contributed by atoms with Crippen LogP contribution in [0.5, 0.6) is 0 Å². The number of aromatic nitrogens is 5. The van der Waals surface area contributed by atoms with E-state index >= 15 is 0 Å². The molecule has 2 heterocycles. The minimum absolute atomic E-state index is 0.194. The first kappa shape index (κ1) is 20.6. The molecule has 0 bridgehead atoms. The zero-order valence-electron chi connectivity index (χ0n) is 15.6. The van der Waals surface area contributed by atoms with E-state index < -0.39 is 6.04 Å². The highest BCUT2D eigenvalue weighted by Crippen LogP contribution is 2.26. The fourth-order valence-corrected chi connectivity index (χ4v) is 3.52. The van der Waals surface area contributed by atoms with Gasteiger partial charge in [0.1, 0.15) is 12.4 Å². The van der Waals surface area contributed by atoms with E-state index in [2.05, 4.69) is 20.5 Å². The molecule has 1 aromatic carbocycles. The Bertz CT molecular complexity index is 993. The Morgan fingerprint density at radius 2 is 1.86 bits per heavy atom. The number of carbonyl (C=O) groups excluding carboxylic acids is 1. The standard InChI is InChI=1S/C18H19Cl3N6O/c1-4-15(27-11(3)16(21)10(2)24-27)17(28)23-18-22-9-26(25-18)8-12-13(19)6-5-7-14(12)20/h5-7,9,15H,4,8H2,1-3H3,(H,23,25,28). The molecule has 148 valence electrons. The average Bonchev–Trinajstić information content (AvgIpc) is 3.19. The smallest absolute Gasteiger partial charge is 0.251 e. The highest BCUT2D eigenvalue weighted by molar-refractivity contribution is 6.36. The van der Waals surface area contributed by atoms with Crippen molar-refractivity contribution in [1.29, 1.82) is 0 Å². The maximum Gasteiger partial charge on any atom is 0.251 e. The summed E-state index contributed by atoms with van der Waals surface area (Å²) in [5.74, 6) is -0.0717. The Kier molecular flexibility index (Phi) is 6.27. The van der Waals surface area contributed by atoms with Crippen LogP contribution in [0.4, 0.5) is 5.95 Å². The molecule has 0 aliphatic carbocycles. The van der Waals surface area contributed by atoms with Crippen LogP contribution >= 0.6 is 34.8 Å². The molecular weight excluding hydrogens is 423 g/mol. The molecule has 1 unspecified atom stereocenters. The molecule has 3 aromatic rings. The maximum atomic E-state index is 12.7. The van der Waals surface area contributed by atoms with Gasteiger partial charge in [-0.05, 0) is 32.4 Å². The van der Waals surface area contributed by atoms with Gasteiger partial charge < -0.3 is 0 Å². The zero-order chi connectivity index (χ0) is 20.4. The Morgan fingerprint density at radius 3 is 2.43 bits per heavy atom. The van der Waals surface area contributed by atoms with Crippen LogP contribution in [0.3, 0.4) is 0 Å². The normalized spacial score (nSPS) is 12.2. The molecule has 1 atom stereocenters. The van der Waals surface area contributed by atoms with Crippen molar-refractivity contribution in [3.63, 3.8) is 0 Å². The first-order valence-electron chi connectivity index (χ1n) is 8.66. The van der Waals surface area contributed by atoms with Crippen molar-refractivity contribution in [1.82, 2.24) is 24.5 Å². The molecule has 0 fully saturated rings. The second-order valence-electron chi connectivity index (χ2n) is 6.31. The lowest BCUT2D eigenvalue weighted by Crippen LogP contribution is -2.27. The monoisotopic (exact) mass is 440 g/mol. The molecule has 10 heteroatoms. The number of benzene rings is 1. The molecule has 0 spiro atoms. The van der Waals surface area contributed by atoms with Gasteiger partial charge in [0, 0.05) is 15.6 Å². The molecule has 0 aliphatic rings. The van der Waals surface area contributed by atoms with E-state index in [1.165, 1.54) is 6.33 Å². The fraction of sp³-hybridized carbons (Fsp3) is 0.333. The average molecular weight is 442 g/mol. The molecule has 2 aromatic heterocycles. The quantitative estimate of drug-likeness (QED) is 0.602. The van der Waals surface area contributed by atoms with Crippen LogP contribution in [0.2, 0.25) is 15.1 Å². The fourth-order valence-electron chi connectivity index (χ4n) is 2.88. The number of amides is 1. The lowest BCUT2D eigenvalue weighted by Gasteiger charge is -2.16. The third-order valence-electron chi connectivity index (χ3n) is 4.37. The lowest BCUT2D eigenvalue weighted by molar-refractivity contribution is -0.119. The Labute approximate surface area is 177 Å². The van der Waals surface area contributed by atoms with Crippen molar-refractivity contribution in [2.45, 2.75) is 39.8 Å². The zero-order valence-corrected chi connectivity index (χ0v) is 17.8. The van der Waals surface area contributed by atoms with E-state index in [-0.39, 0.29) is 11.9 Å². The van der Waals surface area contributed by atoms with E-state index in [0.29, 0.717) is 33.7 Å². The molecular formula is C18H19Cl3N6O. The lowest BCUT2D eigenvalue weighted by atomic mass is 10.2. The Hall–Kier alpha value is -2.09. The van der Waals surface area contributed by atoms with Crippen LogP contribution in [-0.2, 0) is 11.3 Å². The van der Waals surface area contributed by atoms with Gasteiger partial charge in [-0.15, -0.1) is 5.10 Å². The van der Waals surface area contributed by atoms with E-state index in [0.717, 1.165) is 11.3 Å². The maximum absolute atomic E-state index is 12.7. The summed E-state index contributed by atoms with van der Waals surface area (Å²) in [6, 6.07) is 4.77. The van der Waals surface area contributed by atoms with Gasteiger partial charge in [-0.25, -0.2) is 9.67 Å². The number of nitrogens with one attached hydrogen (secondary N) is 1. The summed E-state index contributed by atoms with van der Waals surface area (Å²) in [6.07, 6.45) is 2.05.